The van der Waals surface area contributed by atoms with E-state index in [0.29, 0.717) is 28.6 Å². The van der Waals surface area contributed by atoms with E-state index in [1.54, 1.807) is 0 Å². The number of unbranched alkanes of at least 4 members (excludes halogenated alkanes) is 1. The Morgan fingerprint density at radius 3 is 1.90 bits per heavy atom. The van der Waals surface area contributed by atoms with Crippen LogP contribution in [-0.2, 0) is 11.6 Å². The largest absolute Gasteiger partial charge is 0.416 e. The standard InChI is InChI=1S/C42H44F6N2S/c1-5-33(50-29(3)34-15-6-7-16-35(34)31-21-23-32(24-22-31)42(46,47)48)26-51-28(2)14-12-13-25-40(30(4)49-27-41(43,44)45)38-19-10-8-17-36(38)37-18-9-11-20-39(37)40/h6-11,15-24,28,33,49-50H,3-5,12-14,25-27H2,1-2H3/t28?,33-/m1/s1. The molecule has 51 heavy (non-hydrogen) atoms. The van der Waals surface area contributed by atoms with Gasteiger partial charge in [0.1, 0.15) is 6.54 Å². The highest BCUT2D eigenvalue weighted by atomic mass is 32.2. The van der Waals surface area contributed by atoms with Gasteiger partial charge in [0.25, 0.3) is 0 Å². The zero-order valence-electron chi connectivity index (χ0n) is 28.9. The second kappa shape index (κ2) is 16.1. The van der Waals surface area contributed by atoms with Crippen LogP contribution in [0.4, 0.5) is 26.3 Å². The van der Waals surface area contributed by atoms with Crippen LogP contribution in [0.5, 0.6) is 0 Å². The number of fused-ring (bicyclic) bond motifs is 3. The first-order chi connectivity index (χ1) is 24.2. The summed E-state index contributed by atoms with van der Waals surface area (Å²) in [6.07, 6.45) is -4.59. The highest BCUT2D eigenvalue weighted by Gasteiger charge is 2.45. The molecule has 0 radical (unpaired) electrons. The first-order valence-corrected chi connectivity index (χ1v) is 18.3. The lowest BCUT2D eigenvalue weighted by atomic mass is 9.71. The number of thioether (sulfide) groups is 1. The van der Waals surface area contributed by atoms with Crippen LogP contribution in [0.1, 0.15) is 68.2 Å². The van der Waals surface area contributed by atoms with Gasteiger partial charge in [0.15, 0.2) is 0 Å². The molecule has 1 unspecified atom stereocenters. The average Bonchev–Trinajstić information content (AvgIpc) is 3.40. The number of nitrogens with one attached hydrogen (secondary N) is 2. The molecule has 0 aliphatic heterocycles. The number of benzene rings is 4. The Balaban J connectivity index is 1.19. The molecule has 4 aromatic carbocycles. The van der Waals surface area contributed by atoms with Gasteiger partial charge in [-0.05, 0) is 64.8 Å². The zero-order chi connectivity index (χ0) is 36.8. The number of rotatable bonds is 16. The van der Waals surface area contributed by atoms with E-state index in [1.165, 1.54) is 12.1 Å². The fraction of sp³-hybridized carbons (Fsp3) is 0.333. The number of hydrogen-bond donors (Lipinski definition) is 2. The summed E-state index contributed by atoms with van der Waals surface area (Å²) in [6.45, 7) is 11.6. The van der Waals surface area contributed by atoms with Crippen molar-refractivity contribution in [2.24, 2.45) is 0 Å². The molecule has 0 aromatic heterocycles. The Labute approximate surface area is 301 Å². The van der Waals surface area contributed by atoms with Gasteiger partial charge in [0.05, 0.1) is 11.0 Å². The molecule has 0 spiro atoms. The predicted molar refractivity (Wildman–Crippen MR) is 199 cm³/mol. The summed E-state index contributed by atoms with van der Waals surface area (Å²) in [5.74, 6) is 0.835. The molecule has 5 rings (SSSR count). The average molecular weight is 723 g/mol. The third kappa shape index (κ3) is 8.86. The van der Waals surface area contributed by atoms with Gasteiger partial charge >= 0.3 is 12.4 Å². The highest BCUT2D eigenvalue weighted by Crippen LogP contribution is 2.54. The molecule has 2 N–H and O–H groups in total. The molecule has 2 nitrogen and oxygen atoms in total. The third-order valence-electron chi connectivity index (χ3n) is 9.72. The van der Waals surface area contributed by atoms with E-state index in [1.807, 2.05) is 84.6 Å². The maximum atomic E-state index is 13.3. The van der Waals surface area contributed by atoms with Gasteiger partial charge in [0.2, 0.25) is 0 Å². The molecule has 2 atom stereocenters. The van der Waals surface area contributed by atoms with Crippen molar-refractivity contribution in [1.29, 1.82) is 0 Å². The normalized spacial score (nSPS) is 14.7. The maximum absolute atomic E-state index is 13.3. The van der Waals surface area contributed by atoms with Crippen molar-refractivity contribution in [3.63, 3.8) is 0 Å². The van der Waals surface area contributed by atoms with E-state index in [9.17, 15) is 26.3 Å². The molecule has 270 valence electrons. The molecule has 4 aromatic rings. The van der Waals surface area contributed by atoms with Crippen molar-refractivity contribution in [1.82, 2.24) is 10.6 Å². The van der Waals surface area contributed by atoms with Crippen LogP contribution in [-0.4, -0.2) is 29.8 Å². The van der Waals surface area contributed by atoms with Crippen molar-refractivity contribution < 1.29 is 26.3 Å². The van der Waals surface area contributed by atoms with Crippen LogP contribution in [0.25, 0.3) is 28.0 Å². The van der Waals surface area contributed by atoms with Crippen LogP contribution >= 0.6 is 11.8 Å². The molecule has 0 amide bonds. The van der Waals surface area contributed by atoms with Crippen molar-refractivity contribution >= 4 is 17.5 Å². The van der Waals surface area contributed by atoms with Gasteiger partial charge < -0.3 is 10.6 Å². The van der Waals surface area contributed by atoms with Crippen molar-refractivity contribution in [3.05, 3.63) is 138 Å². The smallest absolute Gasteiger partial charge is 0.381 e. The Morgan fingerprint density at radius 1 is 0.765 bits per heavy atom. The molecule has 0 bridgehead atoms. The molecule has 0 fully saturated rings. The minimum absolute atomic E-state index is 0.128. The number of hydrogen-bond acceptors (Lipinski definition) is 3. The van der Waals surface area contributed by atoms with Gasteiger partial charge in [-0.1, -0.05) is 125 Å². The SMILES string of the molecule is C=C(N[C@H](CC)CSC(C)CCCCC1(C(=C)NCC(F)(F)F)c2ccccc2-c2ccccc21)c1ccccc1-c1ccc(C(F)(F)F)cc1. The van der Waals surface area contributed by atoms with Crippen LogP contribution in [0, 0.1) is 0 Å². The van der Waals surface area contributed by atoms with Crippen LogP contribution in [0.3, 0.4) is 0 Å². The van der Waals surface area contributed by atoms with E-state index in [4.69, 9.17) is 0 Å². The number of alkyl halides is 6. The Kier molecular flexibility index (Phi) is 12.0. The second-order valence-corrected chi connectivity index (χ2v) is 14.7. The van der Waals surface area contributed by atoms with Gasteiger partial charge in [0, 0.05) is 34.0 Å². The maximum Gasteiger partial charge on any atom is 0.416 e. The minimum Gasteiger partial charge on any atom is -0.381 e. The minimum atomic E-state index is -4.39. The van der Waals surface area contributed by atoms with Gasteiger partial charge in [-0.3, -0.25) is 0 Å². The Morgan fingerprint density at radius 2 is 1.33 bits per heavy atom. The van der Waals surface area contributed by atoms with Crippen LogP contribution in [0.2, 0.25) is 0 Å². The van der Waals surface area contributed by atoms with Crippen LogP contribution in [0.15, 0.2) is 116 Å². The number of allylic oxidation sites excluding steroid dienone is 1. The lowest BCUT2D eigenvalue weighted by Gasteiger charge is -2.35. The molecule has 0 saturated carbocycles. The van der Waals surface area contributed by atoms with Crippen molar-refractivity contribution in [3.8, 4) is 22.3 Å². The summed E-state index contributed by atoms with van der Waals surface area (Å²) >= 11 is 1.86. The monoisotopic (exact) mass is 722 g/mol. The van der Waals surface area contributed by atoms with Gasteiger partial charge in [-0.15, -0.1) is 0 Å². The van der Waals surface area contributed by atoms with Gasteiger partial charge in [-0.25, -0.2) is 0 Å². The summed E-state index contributed by atoms with van der Waals surface area (Å²) in [6, 6.07) is 28.8. The lowest BCUT2D eigenvalue weighted by molar-refractivity contribution is -0.137. The molecular formula is C42H44F6N2S. The fourth-order valence-corrected chi connectivity index (χ4v) is 8.25. The molecular weight excluding hydrogens is 679 g/mol. The van der Waals surface area contributed by atoms with E-state index in [-0.39, 0.29) is 6.04 Å². The van der Waals surface area contributed by atoms with E-state index < -0.39 is 29.9 Å². The molecule has 0 heterocycles. The predicted octanol–water partition coefficient (Wildman–Crippen LogP) is 12.0. The van der Waals surface area contributed by atoms with E-state index in [2.05, 4.69) is 37.6 Å². The van der Waals surface area contributed by atoms with E-state index >= 15 is 0 Å². The number of halogens is 6. The molecule has 0 saturated heterocycles. The summed E-state index contributed by atoms with van der Waals surface area (Å²) in [4.78, 5) is 0. The third-order valence-corrected chi connectivity index (χ3v) is 11.1. The molecule has 9 heteroatoms. The van der Waals surface area contributed by atoms with E-state index in [0.717, 1.165) is 76.9 Å². The molecule has 1 aliphatic rings. The quantitative estimate of drug-likeness (QED) is 0.0889. The van der Waals surface area contributed by atoms with Gasteiger partial charge in [-0.2, -0.15) is 38.1 Å². The summed E-state index contributed by atoms with van der Waals surface area (Å²) < 4.78 is 79.3. The first kappa shape index (κ1) is 38.1. The van der Waals surface area contributed by atoms with Crippen molar-refractivity contribution in [2.45, 2.75) is 75.0 Å². The Hall–Kier alpha value is -4.11. The first-order valence-electron chi connectivity index (χ1n) is 17.3. The highest BCUT2D eigenvalue weighted by molar-refractivity contribution is 7.99. The van der Waals surface area contributed by atoms with Crippen LogP contribution < -0.4 is 10.6 Å². The zero-order valence-corrected chi connectivity index (χ0v) is 29.7. The second-order valence-electron chi connectivity index (χ2n) is 13.2. The summed E-state index contributed by atoms with van der Waals surface area (Å²) in [7, 11) is 0. The summed E-state index contributed by atoms with van der Waals surface area (Å²) in [5, 5.41) is 6.55. The lowest BCUT2D eigenvalue weighted by Crippen LogP contribution is -2.39. The topological polar surface area (TPSA) is 24.1 Å². The van der Waals surface area contributed by atoms with Crippen molar-refractivity contribution in [2.75, 3.05) is 12.3 Å². The Bertz CT molecular complexity index is 1770. The fourth-order valence-electron chi connectivity index (χ4n) is 7.04. The molecule has 1 aliphatic carbocycles. The summed E-state index contributed by atoms with van der Waals surface area (Å²) in [5.41, 5.74) is 6.02.